The van der Waals surface area contributed by atoms with Crippen LogP contribution in [0.2, 0.25) is 0 Å². The van der Waals surface area contributed by atoms with Gasteiger partial charge in [-0.2, -0.15) is 0 Å². The number of amides is 2. The molecule has 1 aromatic heterocycles. The number of allylic oxidation sites excluding steroid dienone is 2. The van der Waals surface area contributed by atoms with E-state index in [2.05, 4.69) is 5.32 Å². The molecular formula is C31H35N2O11-. The molecule has 1 aliphatic heterocycles. The SMILES string of the molecule is CO[C@@H]1[C@H](OC(N)=O)[C@@H](O)[C@@H](Oc2ccc3c([O-])c(NC(=O)c4ccc(O)c(CC=C(C)C)c4)c(=O)oc3c2C)OC1(C)C. The summed E-state index contributed by atoms with van der Waals surface area (Å²) >= 11 is 0. The average Bonchev–Trinajstić information content (AvgIpc) is 2.94. The van der Waals surface area contributed by atoms with Gasteiger partial charge in [-0.05, 0) is 76.9 Å². The van der Waals surface area contributed by atoms with Gasteiger partial charge >= 0.3 is 11.7 Å². The summed E-state index contributed by atoms with van der Waals surface area (Å²) in [4.78, 5) is 37.4. The summed E-state index contributed by atoms with van der Waals surface area (Å²) in [6.07, 6.45) is -3.88. The predicted octanol–water partition coefficient (Wildman–Crippen LogP) is 3.00. The van der Waals surface area contributed by atoms with E-state index in [9.17, 15) is 29.7 Å². The summed E-state index contributed by atoms with van der Waals surface area (Å²) in [6, 6.07) is 6.96. The lowest BCUT2D eigenvalue weighted by molar-refractivity contribution is -0.304. The summed E-state index contributed by atoms with van der Waals surface area (Å²) in [5.41, 5.74) is 4.19. The number of aliphatic hydroxyl groups excluding tert-OH is 1. The summed E-state index contributed by atoms with van der Waals surface area (Å²) < 4.78 is 27.8. The highest BCUT2D eigenvalue weighted by Gasteiger charge is 2.53. The van der Waals surface area contributed by atoms with Gasteiger partial charge in [0.05, 0.1) is 5.60 Å². The van der Waals surface area contributed by atoms with Gasteiger partial charge in [-0.3, -0.25) is 4.79 Å². The number of aryl methyl sites for hydroxylation is 1. The second-order valence-electron chi connectivity index (χ2n) is 11.2. The monoisotopic (exact) mass is 611 g/mol. The van der Waals surface area contributed by atoms with Crippen molar-refractivity contribution in [2.45, 2.75) is 71.2 Å². The number of carbonyl (C=O) groups excluding carboxylic acids is 2. The smallest absolute Gasteiger partial charge is 0.404 e. The first-order chi connectivity index (χ1) is 20.6. The second kappa shape index (κ2) is 12.6. The van der Waals surface area contributed by atoms with Crippen molar-refractivity contribution < 1.29 is 48.3 Å². The Labute approximate surface area is 252 Å². The number of primary amides is 1. The van der Waals surface area contributed by atoms with Crippen molar-refractivity contribution in [3.63, 3.8) is 0 Å². The minimum atomic E-state index is -1.53. The van der Waals surface area contributed by atoms with Crippen molar-refractivity contribution in [3.8, 4) is 17.2 Å². The molecule has 44 heavy (non-hydrogen) atoms. The molecule has 4 atom stereocenters. The molecule has 1 saturated heterocycles. The first kappa shape index (κ1) is 32.3. The Bertz CT molecular complexity index is 1670. The highest BCUT2D eigenvalue weighted by atomic mass is 16.7. The number of ether oxygens (including phenoxy) is 4. The van der Waals surface area contributed by atoms with Gasteiger partial charge in [-0.1, -0.05) is 17.4 Å². The number of carbonyl (C=O) groups is 2. The molecule has 236 valence electrons. The van der Waals surface area contributed by atoms with Gasteiger partial charge < -0.3 is 49.7 Å². The van der Waals surface area contributed by atoms with Crippen molar-refractivity contribution in [1.29, 1.82) is 0 Å². The molecular weight excluding hydrogens is 576 g/mol. The number of aliphatic hydroxyl groups is 1. The van der Waals surface area contributed by atoms with Crippen molar-refractivity contribution in [1.82, 2.24) is 0 Å². The molecule has 2 heterocycles. The normalized spacial score (nSPS) is 21.0. The largest absolute Gasteiger partial charge is 0.870 e. The Balaban J connectivity index is 1.63. The van der Waals surface area contributed by atoms with Gasteiger partial charge in [-0.25, -0.2) is 9.59 Å². The Morgan fingerprint density at radius 1 is 1.20 bits per heavy atom. The fourth-order valence-corrected chi connectivity index (χ4v) is 5.05. The molecule has 0 bridgehead atoms. The van der Waals surface area contributed by atoms with E-state index < -0.39 is 59.3 Å². The summed E-state index contributed by atoms with van der Waals surface area (Å²) in [5, 5.41) is 36.7. The van der Waals surface area contributed by atoms with E-state index in [1.807, 2.05) is 19.9 Å². The van der Waals surface area contributed by atoms with Crippen molar-refractivity contribution in [3.05, 3.63) is 69.1 Å². The third kappa shape index (κ3) is 6.49. The molecule has 2 amide bonds. The van der Waals surface area contributed by atoms with Crippen LogP contribution in [0.5, 0.6) is 17.2 Å². The van der Waals surface area contributed by atoms with E-state index in [0.717, 1.165) is 5.57 Å². The van der Waals surface area contributed by atoms with E-state index in [4.69, 9.17) is 29.1 Å². The molecule has 13 heteroatoms. The predicted molar refractivity (Wildman–Crippen MR) is 157 cm³/mol. The summed E-state index contributed by atoms with van der Waals surface area (Å²) in [5.74, 6) is -1.42. The Kier molecular flexibility index (Phi) is 9.23. The average molecular weight is 612 g/mol. The molecule has 0 radical (unpaired) electrons. The maximum Gasteiger partial charge on any atom is 0.404 e. The molecule has 3 aromatic rings. The molecule has 1 fully saturated rings. The highest BCUT2D eigenvalue weighted by Crippen LogP contribution is 2.38. The third-order valence-corrected chi connectivity index (χ3v) is 7.31. The van der Waals surface area contributed by atoms with Crippen LogP contribution in [0.15, 0.2) is 51.2 Å². The van der Waals surface area contributed by atoms with E-state index in [1.54, 1.807) is 13.8 Å². The molecule has 0 unspecified atom stereocenters. The van der Waals surface area contributed by atoms with E-state index in [1.165, 1.54) is 44.4 Å². The fraction of sp³-hybridized carbons (Fsp3) is 0.387. The number of nitrogens with one attached hydrogen (secondary N) is 1. The minimum absolute atomic E-state index is 0.00594. The summed E-state index contributed by atoms with van der Waals surface area (Å²) in [7, 11) is 1.36. The zero-order chi connectivity index (χ0) is 32.5. The van der Waals surface area contributed by atoms with Crippen LogP contribution < -0.4 is 26.5 Å². The van der Waals surface area contributed by atoms with Crippen LogP contribution in [-0.2, 0) is 20.6 Å². The third-order valence-electron chi connectivity index (χ3n) is 7.31. The summed E-state index contributed by atoms with van der Waals surface area (Å²) in [6.45, 7) is 8.63. The Morgan fingerprint density at radius 2 is 1.91 bits per heavy atom. The maximum atomic E-state index is 13.3. The first-order valence-electron chi connectivity index (χ1n) is 13.7. The van der Waals surface area contributed by atoms with Gasteiger partial charge in [0.15, 0.2) is 12.2 Å². The van der Waals surface area contributed by atoms with Gasteiger partial charge in [0.25, 0.3) is 5.91 Å². The quantitative estimate of drug-likeness (QED) is 0.215. The van der Waals surface area contributed by atoms with Gasteiger partial charge in [0, 0.05) is 23.6 Å². The number of benzene rings is 2. The lowest BCUT2D eigenvalue weighted by Crippen LogP contribution is -2.65. The number of phenols is 1. The number of anilines is 1. The molecule has 1 aliphatic rings. The number of fused-ring (bicyclic) bond motifs is 1. The topological polar surface area (TPSA) is 203 Å². The maximum absolute atomic E-state index is 13.3. The van der Waals surface area contributed by atoms with Crippen LogP contribution in [0, 0.1) is 6.92 Å². The number of methoxy groups -OCH3 is 1. The van der Waals surface area contributed by atoms with Gasteiger partial charge in [-0.15, -0.1) is 0 Å². The van der Waals surface area contributed by atoms with E-state index in [0.29, 0.717) is 12.0 Å². The molecule has 13 nitrogen and oxygen atoms in total. The molecule has 2 aromatic carbocycles. The van der Waals surface area contributed by atoms with Gasteiger partial charge in [0.2, 0.25) is 6.29 Å². The molecule has 5 N–H and O–H groups in total. The molecule has 4 rings (SSSR count). The Hall–Kier alpha value is -4.59. The highest BCUT2D eigenvalue weighted by molar-refractivity contribution is 6.06. The first-order valence-corrected chi connectivity index (χ1v) is 13.7. The number of nitrogens with two attached hydrogens (primary N) is 1. The van der Waals surface area contributed by atoms with E-state index in [-0.39, 0.29) is 33.6 Å². The van der Waals surface area contributed by atoms with Gasteiger partial charge in [0.1, 0.15) is 28.9 Å². The van der Waals surface area contributed by atoms with Crippen LogP contribution >= 0.6 is 0 Å². The van der Waals surface area contributed by atoms with Crippen molar-refractivity contribution >= 4 is 28.7 Å². The number of hydrogen-bond acceptors (Lipinski definition) is 11. The standard InChI is InChI=1S/C31H36N2O11/c1-14(2)7-8-16-13-17(9-11-19(16)34)27(37)33-21-22(35)18-10-12-20(15(3)24(18)42-28(21)38)41-29-23(36)25(43-30(32)39)26(40-6)31(4,5)44-29/h7,9-13,23,25-26,29,34-36H,8H2,1-6H3,(H2,32,39)(H,33,37)/p-1/t23-,25-,26-,29+/m1/s1. The van der Waals surface area contributed by atoms with Crippen LogP contribution in [0.4, 0.5) is 10.5 Å². The van der Waals surface area contributed by atoms with Crippen LogP contribution in [0.25, 0.3) is 11.0 Å². The van der Waals surface area contributed by atoms with Crippen molar-refractivity contribution in [2.75, 3.05) is 12.4 Å². The van der Waals surface area contributed by atoms with E-state index >= 15 is 0 Å². The number of phenolic OH excluding ortho intramolecular Hbond substituents is 1. The molecule has 0 aliphatic carbocycles. The van der Waals surface area contributed by atoms with Crippen molar-refractivity contribution in [2.24, 2.45) is 5.73 Å². The molecule has 0 saturated carbocycles. The fourth-order valence-electron chi connectivity index (χ4n) is 5.05. The second-order valence-corrected chi connectivity index (χ2v) is 11.2. The number of aromatic hydroxyl groups is 1. The van der Waals surface area contributed by atoms with Crippen LogP contribution in [0.1, 0.15) is 49.2 Å². The zero-order valence-electron chi connectivity index (χ0n) is 25.1. The number of hydrogen-bond donors (Lipinski definition) is 4. The number of rotatable bonds is 8. The van der Waals surface area contributed by atoms with Crippen LogP contribution in [-0.4, -0.2) is 59.5 Å². The minimum Gasteiger partial charge on any atom is -0.870 e. The lowest BCUT2D eigenvalue weighted by Gasteiger charge is -2.47. The Morgan fingerprint density at radius 3 is 2.55 bits per heavy atom. The zero-order valence-corrected chi connectivity index (χ0v) is 25.1. The lowest BCUT2D eigenvalue weighted by atomic mass is 9.89. The molecule has 0 spiro atoms. The van der Waals surface area contributed by atoms with Crippen LogP contribution in [0.3, 0.4) is 0 Å².